The maximum absolute atomic E-state index is 13.3. The van der Waals surface area contributed by atoms with Crippen molar-refractivity contribution in [2.75, 3.05) is 45.5 Å². The van der Waals surface area contributed by atoms with Crippen LogP contribution in [0.4, 0.5) is 0 Å². The number of piperazine rings is 1. The van der Waals surface area contributed by atoms with Crippen LogP contribution in [0.3, 0.4) is 0 Å². The Bertz CT molecular complexity index is 825. The summed E-state index contributed by atoms with van der Waals surface area (Å²) < 4.78 is 31.0. The monoisotopic (exact) mass is 411 g/mol. The van der Waals surface area contributed by atoms with Crippen LogP contribution in [-0.4, -0.2) is 91.6 Å². The van der Waals surface area contributed by atoms with Gasteiger partial charge in [0.15, 0.2) is 0 Å². The maximum atomic E-state index is 13.3. The molecule has 0 aromatic rings. The molecule has 3 fully saturated rings. The highest BCUT2D eigenvalue weighted by molar-refractivity contribution is 7.88. The third-order valence-electron chi connectivity index (χ3n) is 6.15. The van der Waals surface area contributed by atoms with Crippen molar-refractivity contribution in [3.63, 3.8) is 0 Å². The van der Waals surface area contributed by atoms with E-state index in [9.17, 15) is 18.0 Å². The van der Waals surface area contributed by atoms with E-state index < -0.39 is 27.5 Å². The second-order valence-corrected chi connectivity index (χ2v) is 11.6. The van der Waals surface area contributed by atoms with Crippen molar-refractivity contribution in [1.82, 2.24) is 14.1 Å². The van der Waals surface area contributed by atoms with Crippen molar-refractivity contribution in [1.29, 1.82) is 0 Å². The first kappa shape index (κ1) is 19.8. The molecule has 4 aliphatic rings. The van der Waals surface area contributed by atoms with Gasteiger partial charge in [-0.2, -0.15) is 4.31 Å². The molecule has 0 aromatic carbocycles. The second kappa shape index (κ2) is 6.27. The normalized spacial score (nSPS) is 35.7. The number of rotatable bonds is 3. The van der Waals surface area contributed by atoms with Crippen molar-refractivity contribution in [2.24, 2.45) is 17.3 Å². The van der Waals surface area contributed by atoms with E-state index in [1.807, 2.05) is 17.1 Å². The Labute approximate surface area is 166 Å². The molecule has 28 heavy (non-hydrogen) atoms. The lowest BCUT2D eigenvalue weighted by molar-refractivity contribution is -0.144. The Hall–Kier alpha value is -1.45. The number of amides is 2. The predicted molar refractivity (Wildman–Crippen MR) is 103 cm³/mol. The number of nitrogens with zero attached hydrogens (tertiary/aromatic N) is 3. The first-order valence-electron chi connectivity index (χ1n) is 9.81. The van der Waals surface area contributed by atoms with E-state index in [1.54, 1.807) is 4.90 Å². The van der Waals surface area contributed by atoms with Gasteiger partial charge in [0, 0.05) is 32.7 Å². The number of fused-ring (bicyclic) bond motifs is 1. The number of carbonyl (C=O) groups excluding carboxylic acids is 2. The number of sulfonamides is 1. The van der Waals surface area contributed by atoms with Crippen LogP contribution in [0, 0.1) is 17.3 Å². The van der Waals surface area contributed by atoms with Gasteiger partial charge in [0.1, 0.15) is 5.60 Å². The number of hydrogen-bond donors (Lipinski definition) is 0. The molecule has 4 heterocycles. The van der Waals surface area contributed by atoms with Gasteiger partial charge < -0.3 is 14.5 Å². The molecule has 156 valence electrons. The summed E-state index contributed by atoms with van der Waals surface area (Å²) in [6.07, 6.45) is 4.70. The Morgan fingerprint density at radius 2 is 1.89 bits per heavy atom. The first-order chi connectivity index (χ1) is 12.9. The average molecular weight is 412 g/mol. The third-order valence-corrected chi connectivity index (χ3v) is 7.45. The maximum Gasteiger partial charge on any atom is 0.230 e. The van der Waals surface area contributed by atoms with E-state index in [4.69, 9.17) is 4.74 Å². The first-order valence-corrected chi connectivity index (χ1v) is 11.7. The highest BCUT2D eigenvalue weighted by atomic mass is 32.2. The summed E-state index contributed by atoms with van der Waals surface area (Å²) in [7, 11) is -3.25. The summed E-state index contributed by atoms with van der Waals surface area (Å²) in [6, 6.07) is 0. The van der Waals surface area contributed by atoms with Crippen LogP contribution in [0.2, 0.25) is 0 Å². The molecule has 0 aliphatic carbocycles. The number of likely N-dealkylation sites (tertiary alicyclic amines) is 1. The largest absolute Gasteiger partial charge is 0.360 e. The molecule has 4 rings (SSSR count). The summed E-state index contributed by atoms with van der Waals surface area (Å²) >= 11 is 0. The summed E-state index contributed by atoms with van der Waals surface area (Å²) in [4.78, 5) is 30.0. The standard InChI is InChI=1S/C19H29N3O5S/c1-18(2,3)11-21-12-19-6-5-13(27-19)14(15(19)17(21)24)16(23)20-7-9-22(10-8-20)28(4,25)26/h5-6,13-15H,7-12H2,1-4H3/t13-,14-,15+,19-/m0/s1. The van der Waals surface area contributed by atoms with Gasteiger partial charge in [-0.05, 0) is 5.41 Å². The molecule has 1 spiro atoms. The van der Waals surface area contributed by atoms with Crippen LogP contribution < -0.4 is 0 Å². The fourth-order valence-corrected chi connectivity index (χ4v) is 5.84. The number of carbonyl (C=O) groups is 2. The third kappa shape index (κ3) is 3.17. The fourth-order valence-electron chi connectivity index (χ4n) is 5.02. The minimum Gasteiger partial charge on any atom is -0.360 e. The lowest BCUT2D eigenvalue weighted by atomic mass is 9.76. The molecule has 0 saturated carbocycles. The van der Waals surface area contributed by atoms with Gasteiger partial charge in [-0.3, -0.25) is 9.59 Å². The van der Waals surface area contributed by atoms with E-state index in [-0.39, 0.29) is 23.3 Å². The van der Waals surface area contributed by atoms with Crippen LogP contribution in [0.5, 0.6) is 0 Å². The van der Waals surface area contributed by atoms with E-state index in [0.717, 1.165) is 0 Å². The topological polar surface area (TPSA) is 87.2 Å². The molecule has 4 atom stereocenters. The molecular formula is C19H29N3O5S. The summed E-state index contributed by atoms with van der Waals surface area (Å²) in [5, 5.41) is 0. The van der Waals surface area contributed by atoms with E-state index in [1.165, 1.54) is 10.6 Å². The summed E-state index contributed by atoms with van der Waals surface area (Å²) in [5.74, 6) is -1.10. The molecule has 4 aliphatic heterocycles. The van der Waals surface area contributed by atoms with Crippen molar-refractivity contribution in [3.8, 4) is 0 Å². The molecule has 2 amide bonds. The zero-order valence-corrected chi connectivity index (χ0v) is 17.7. The van der Waals surface area contributed by atoms with Crippen LogP contribution in [0.25, 0.3) is 0 Å². The van der Waals surface area contributed by atoms with Gasteiger partial charge in [0.25, 0.3) is 0 Å². The molecule has 0 radical (unpaired) electrons. The Kier molecular flexibility index (Phi) is 4.45. The Morgan fingerprint density at radius 1 is 1.25 bits per heavy atom. The minimum atomic E-state index is -3.25. The van der Waals surface area contributed by atoms with Crippen molar-refractivity contribution in [3.05, 3.63) is 12.2 Å². The zero-order valence-electron chi connectivity index (χ0n) is 16.9. The Balaban J connectivity index is 1.51. The average Bonchev–Trinajstić information content (AvgIpc) is 3.21. The molecule has 8 nitrogen and oxygen atoms in total. The smallest absolute Gasteiger partial charge is 0.230 e. The van der Waals surface area contributed by atoms with E-state index in [2.05, 4.69) is 20.8 Å². The lowest BCUT2D eigenvalue weighted by Crippen LogP contribution is -2.54. The van der Waals surface area contributed by atoms with Gasteiger partial charge in [-0.1, -0.05) is 32.9 Å². The van der Waals surface area contributed by atoms with Gasteiger partial charge in [0.05, 0.1) is 30.7 Å². The lowest BCUT2D eigenvalue weighted by Gasteiger charge is -2.36. The van der Waals surface area contributed by atoms with Crippen LogP contribution >= 0.6 is 0 Å². The molecule has 0 aromatic heterocycles. The van der Waals surface area contributed by atoms with Crippen molar-refractivity contribution < 1.29 is 22.7 Å². The molecule has 2 bridgehead atoms. The van der Waals surface area contributed by atoms with Crippen molar-refractivity contribution >= 4 is 21.8 Å². The van der Waals surface area contributed by atoms with Gasteiger partial charge in [-0.15, -0.1) is 0 Å². The van der Waals surface area contributed by atoms with Crippen LogP contribution in [-0.2, 0) is 24.3 Å². The Morgan fingerprint density at radius 3 is 2.46 bits per heavy atom. The molecule has 3 saturated heterocycles. The zero-order chi connectivity index (χ0) is 20.5. The van der Waals surface area contributed by atoms with Crippen LogP contribution in [0.15, 0.2) is 12.2 Å². The summed E-state index contributed by atoms with van der Waals surface area (Å²) in [6.45, 7) is 8.65. The molecule has 9 heteroatoms. The number of ether oxygens (including phenoxy) is 1. The predicted octanol–water partition coefficient (Wildman–Crippen LogP) is -0.0817. The highest BCUT2D eigenvalue weighted by Gasteiger charge is 2.67. The highest BCUT2D eigenvalue weighted by Crippen LogP contribution is 2.52. The van der Waals surface area contributed by atoms with Gasteiger partial charge in [0.2, 0.25) is 21.8 Å². The number of hydrogen-bond acceptors (Lipinski definition) is 5. The molecule has 0 unspecified atom stereocenters. The molecular weight excluding hydrogens is 382 g/mol. The fraction of sp³-hybridized carbons (Fsp3) is 0.789. The van der Waals surface area contributed by atoms with Gasteiger partial charge >= 0.3 is 0 Å². The quantitative estimate of drug-likeness (QED) is 0.606. The van der Waals surface area contributed by atoms with Crippen LogP contribution in [0.1, 0.15) is 20.8 Å². The summed E-state index contributed by atoms with van der Waals surface area (Å²) in [5.41, 5.74) is -0.726. The van der Waals surface area contributed by atoms with E-state index in [0.29, 0.717) is 39.3 Å². The van der Waals surface area contributed by atoms with Crippen molar-refractivity contribution in [2.45, 2.75) is 32.5 Å². The second-order valence-electron chi connectivity index (χ2n) is 9.64. The minimum absolute atomic E-state index is 0.00473. The van der Waals surface area contributed by atoms with Gasteiger partial charge in [-0.25, -0.2) is 8.42 Å². The SMILES string of the molecule is CC(C)(C)CN1C[C@]23C=C[C@H](O2)[C@H](C(=O)N2CCN(S(C)(=O)=O)CC2)[C@@H]3C1=O. The molecule has 0 N–H and O–H groups in total. The van der Waals surface area contributed by atoms with E-state index >= 15 is 0 Å².